The van der Waals surface area contributed by atoms with Crippen molar-refractivity contribution in [1.29, 1.82) is 0 Å². The molecule has 0 radical (unpaired) electrons. The number of ether oxygens (including phenoxy) is 3. The van der Waals surface area contributed by atoms with Crippen molar-refractivity contribution in [2.75, 3.05) is 13.2 Å². The first kappa shape index (κ1) is 67.3. The van der Waals surface area contributed by atoms with Crippen molar-refractivity contribution < 1.29 is 28.6 Å². The molecule has 0 aliphatic rings. The SMILES string of the molecule is CC/C=C\C/C=C\C/C=C\C/C=C\C/C=C\CCCCCCCC(=O)OCC(COC(=O)CCCCCCC/C=C\C/C=C\CCCC)OC(=O)CCCCC/C=C\C/C=C\C/C=C\C/C=C\C/C=C\CC. The molecule has 0 spiro atoms. The molecule has 0 saturated carbocycles. The summed E-state index contributed by atoms with van der Waals surface area (Å²) < 4.78 is 16.8. The van der Waals surface area contributed by atoms with Crippen LogP contribution < -0.4 is 0 Å². The summed E-state index contributed by atoms with van der Waals surface area (Å²) in [4.78, 5) is 38.2. The highest BCUT2D eigenvalue weighted by Gasteiger charge is 2.19. The molecule has 1 atom stereocenters. The van der Waals surface area contributed by atoms with Gasteiger partial charge in [-0.2, -0.15) is 0 Å². The molecule has 0 heterocycles. The highest BCUT2D eigenvalue weighted by atomic mass is 16.6. The van der Waals surface area contributed by atoms with E-state index in [1.807, 2.05) is 0 Å². The van der Waals surface area contributed by atoms with Gasteiger partial charge in [0.25, 0.3) is 0 Å². The zero-order valence-electron chi connectivity index (χ0n) is 46.1. The van der Waals surface area contributed by atoms with E-state index in [1.165, 1.54) is 19.3 Å². The Morgan fingerprint density at radius 1 is 0.292 bits per heavy atom. The summed E-state index contributed by atoms with van der Waals surface area (Å²) in [5.41, 5.74) is 0. The van der Waals surface area contributed by atoms with Gasteiger partial charge >= 0.3 is 17.9 Å². The van der Waals surface area contributed by atoms with Crippen molar-refractivity contribution >= 4 is 17.9 Å². The van der Waals surface area contributed by atoms with Crippen LogP contribution in [0, 0.1) is 0 Å². The average Bonchev–Trinajstić information content (AvgIpc) is 3.38. The number of carbonyl (C=O) groups excluding carboxylic acids is 3. The van der Waals surface area contributed by atoms with E-state index in [4.69, 9.17) is 14.2 Å². The molecule has 6 nitrogen and oxygen atoms in total. The summed E-state index contributed by atoms with van der Waals surface area (Å²) in [5, 5.41) is 0. The van der Waals surface area contributed by atoms with Gasteiger partial charge in [-0.25, -0.2) is 0 Å². The van der Waals surface area contributed by atoms with Crippen LogP contribution in [0.1, 0.15) is 233 Å². The lowest BCUT2D eigenvalue weighted by Crippen LogP contribution is -2.30. The van der Waals surface area contributed by atoms with E-state index in [0.717, 1.165) is 167 Å². The Labute approximate surface area is 442 Å². The maximum Gasteiger partial charge on any atom is 0.306 e. The van der Waals surface area contributed by atoms with Crippen LogP contribution in [-0.4, -0.2) is 37.2 Å². The Morgan fingerprint density at radius 2 is 0.542 bits per heavy atom. The first-order valence-electron chi connectivity index (χ1n) is 28.8. The van der Waals surface area contributed by atoms with Crippen molar-refractivity contribution in [1.82, 2.24) is 0 Å². The standard InChI is InChI=1S/C66H104O6/c1-4-7-10-13-16-19-22-25-28-30-32-33-35-36-38-41-44-47-50-53-56-59-65(68)71-62-63(61-70-64(67)58-55-52-49-46-43-40-27-24-21-18-15-12-9-6-3)72-66(69)60-57-54-51-48-45-42-39-37-34-31-29-26-23-20-17-14-11-8-5-2/h7-8,10-11,15-20,24-29,32-34,36-38,42,45,63H,4-6,9,12-14,21-23,30-31,35,39-41,43-44,46-62H2,1-3H3/b10-7-,11-8-,18-15-,19-16-,20-17-,27-24-,28-25-,29-26-,33-32-,37-34-,38-36-,45-42-. The fourth-order valence-corrected chi connectivity index (χ4v) is 7.27. The number of hydrogen-bond acceptors (Lipinski definition) is 6. The lowest BCUT2D eigenvalue weighted by Gasteiger charge is -2.18. The van der Waals surface area contributed by atoms with Crippen LogP contribution in [-0.2, 0) is 28.6 Å². The Hall–Kier alpha value is -4.71. The summed E-state index contributed by atoms with van der Waals surface area (Å²) in [5.74, 6) is -0.982. The van der Waals surface area contributed by atoms with Gasteiger partial charge in [-0.15, -0.1) is 0 Å². The molecule has 0 aromatic rings. The molecule has 0 N–H and O–H groups in total. The maximum absolute atomic E-state index is 12.9. The van der Waals surface area contributed by atoms with Crippen molar-refractivity contribution in [3.8, 4) is 0 Å². The van der Waals surface area contributed by atoms with Crippen LogP contribution in [0.5, 0.6) is 0 Å². The molecule has 0 bridgehead atoms. The normalized spacial score (nSPS) is 13.2. The molecule has 404 valence electrons. The smallest absolute Gasteiger partial charge is 0.306 e. The first-order valence-corrected chi connectivity index (χ1v) is 28.8. The predicted octanol–water partition coefficient (Wildman–Crippen LogP) is 19.6. The van der Waals surface area contributed by atoms with Gasteiger partial charge < -0.3 is 14.2 Å². The van der Waals surface area contributed by atoms with Gasteiger partial charge in [0.2, 0.25) is 0 Å². The zero-order chi connectivity index (χ0) is 52.2. The van der Waals surface area contributed by atoms with E-state index in [-0.39, 0.29) is 37.5 Å². The molecule has 0 aromatic heterocycles. The third-order valence-electron chi connectivity index (χ3n) is 11.6. The summed E-state index contributed by atoms with van der Waals surface area (Å²) in [7, 11) is 0. The van der Waals surface area contributed by atoms with Crippen LogP contribution in [0.25, 0.3) is 0 Å². The fraction of sp³-hybridized carbons (Fsp3) is 0.591. The van der Waals surface area contributed by atoms with Crippen molar-refractivity contribution in [3.63, 3.8) is 0 Å². The van der Waals surface area contributed by atoms with E-state index in [9.17, 15) is 14.4 Å². The topological polar surface area (TPSA) is 78.9 Å². The van der Waals surface area contributed by atoms with E-state index < -0.39 is 6.10 Å². The summed E-state index contributed by atoms with van der Waals surface area (Å²) in [6, 6.07) is 0. The molecule has 0 fully saturated rings. The van der Waals surface area contributed by atoms with Gasteiger partial charge in [0.05, 0.1) is 0 Å². The van der Waals surface area contributed by atoms with Crippen molar-refractivity contribution in [3.05, 3.63) is 146 Å². The second-order valence-electron chi connectivity index (χ2n) is 18.4. The third-order valence-corrected chi connectivity index (χ3v) is 11.6. The number of rotatable bonds is 50. The van der Waals surface area contributed by atoms with Crippen LogP contribution in [0.15, 0.2) is 146 Å². The van der Waals surface area contributed by atoms with Gasteiger partial charge in [0, 0.05) is 19.3 Å². The Kier molecular flexibility index (Phi) is 55.0. The molecular weight excluding hydrogens is 889 g/mol. The molecule has 0 aliphatic carbocycles. The summed E-state index contributed by atoms with van der Waals surface area (Å²) in [6.07, 6.45) is 84.0. The van der Waals surface area contributed by atoms with Crippen LogP contribution in [0.2, 0.25) is 0 Å². The number of allylic oxidation sites excluding steroid dienone is 24. The Bertz CT molecular complexity index is 1610. The second-order valence-corrected chi connectivity index (χ2v) is 18.4. The minimum atomic E-state index is -0.817. The van der Waals surface area contributed by atoms with Crippen LogP contribution >= 0.6 is 0 Å². The van der Waals surface area contributed by atoms with Crippen molar-refractivity contribution in [2.45, 2.75) is 239 Å². The number of carbonyl (C=O) groups is 3. The Morgan fingerprint density at radius 3 is 0.861 bits per heavy atom. The fourth-order valence-electron chi connectivity index (χ4n) is 7.27. The minimum absolute atomic E-state index is 0.111. The Balaban J connectivity index is 4.53. The van der Waals surface area contributed by atoms with Crippen LogP contribution in [0.3, 0.4) is 0 Å². The largest absolute Gasteiger partial charge is 0.462 e. The molecular formula is C66H104O6. The van der Waals surface area contributed by atoms with Gasteiger partial charge in [0.15, 0.2) is 6.10 Å². The van der Waals surface area contributed by atoms with E-state index in [1.54, 1.807) is 0 Å². The zero-order valence-corrected chi connectivity index (χ0v) is 46.1. The van der Waals surface area contributed by atoms with E-state index in [2.05, 4.69) is 167 Å². The summed E-state index contributed by atoms with van der Waals surface area (Å²) in [6.45, 7) is 6.30. The van der Waals surface area contributed by atoms with Crippen LogP contribution in [0.4, 0.5) is 0 Å². The maximum atomic E-state index is 12.9. The van der Waals surface area contributed by atoms with Gasteiger partial charge in [0.1, 0.15) is 13.2 Å². The van der Waals surface area contributed by atoms with Gasteiger partial charge in [-0.3, -0.25) is 14.4 Å². The molecule has 0 rings (SSSR count). The van der Waals surface area contributed by atoms with E-state index >= 15 is 0 Å². The third kappa shape index (κ3) is 56.2. The molecule has 6 heteroatoms. The number of unbranched alkanes of at least 4 members (excludes halogenated alkanes) is 15. The molecule has 72 heavy (non-hydrogen) atoms. The molecule has 0 saturated heterocycles. The average molecular weight is 994 g/mol. The highest BCUT2D eigenvalue weighted by Crippen LogP contribution is 2.13. The van der Waals surface area contributed by atoms with E-state index in [0.29, 0.717) is 19.3 Å². The number of hydrogen-bond donors (Lipinski definition) is 0. The second kappa shape index (κ2) is 58.9. The minimum Gasteiger partial charge on any atom is -0.462 e. The highest BCUT2D eigenvalue weighted by molar-refractivity contribution is 5.71. The quantitative estimate of drug-likeness (QED) is 0.0261. The van der Waals surface area contributed by atoms with Gasteiger partial charge in [-0.05, 0) is 135 Å². The van der Waals surface area contributed by atoms with Crippen molar-refractivity contribution in [2.24, 2.45) is 0 Å². The lowest BCUT2D eigenvalue weighted by atomic mass is 10.1. The predicted molar refractivity (Wildman–Crippen MR) is 311 cm³/mol. The summed E-state index contributed by atoms with van der Waals surface area (Å²) >= 11 is 0. The molecule has 0 aliphatic heterocycles. The first-order chi connectivity index (χ1) is 35.5. The van der Waals surface area contributed by atoms with Gasteiger partial charge in [-0.1, -0.05) is 224 Å². The monoisotopic (exact) mass is 993 g/mol. The molecule has 0 amide bonds. The molecule has 0 aromatic carbocycles. The molecule has 1 unspecified atom stereocenters. The number of esters is 3. The lowest BCUT2D eigenvalue weighted by molar-refractivity contribution is -0.167.